The molecule has 0 unspecified atom stereocenters. The summed E-state index contributed by atoms with van der Waals surface area (Å²) in [6, 6.07) is 9.60. The SMILES string of the molecule is CCc1nsc(NCc2ccc(C#N)cc2)n1. The summed E-state index contributed by atoms with van der Waals surface area (Å²) < 4.78 is 4.20. The number of nitrogens with zero attached hydrogens (tertiary/aromatic N) is 3. The highest BCUT2D eigenvalue weighted by Crippen LogP contribution is 2.13. The van der Waals surface area contributed by atoms with Gasteiger partial charge in [0, 0.05) is 24.5 Å². The summed E-state index contributed by atoms with van der Waals surface area (Å²) in [6.45, 7) is 2.73. The second-order valence-electron chi connectivity index (χ2n) is 3.53. The van der Waals surface area contributed by atoms with Crippen molar-refractivity contribution in [3.05, 3.63) is 41.2 Å². The fraction of sp³-hybridized carbons (Fsp3) is 0.250. The summed E-state index contributed by atoms with van der Waals surface area (Å²) in [6.07, 6.45) is 0.856. The van der Waals surface area contributed by atoms with Gasteiger partial charge in [-0.05, 0) is 17.7 Å². The molecule has 1 N–H and O–H groups in total. The molecule has 0 fully saturated rings. The first-order chi connectivity index (χ1) is 8.31. The molecule has 0 saturated heterocycles. The van der Waals surface area contributed by atoms with Crippen LogP contribution in [-0.4, -0.2) is 9.36 Å². The fourth-order valence-electron chi connectivity index (χ4n) is 1.34. The lowest BCUT2D eigenvalue weighted by molar-refractivity contribution is 0.993. The Labute approximate surface area is 104 Å². The summed E-state index contributed by atoms with van der Waals surface area (Å²) in [5.41, 5.74) is 1.80. The van der Waals surface area contributed by atoms with Crippen LogP contribution in [0, 0.1) is 11.3 Å². The maximum atomic E-state index is 8.68. The van der Waals surface area contributed by atoms with Gasteiger partial charge in [0.25, 0.3) is 0 Å². The van der Waals surface area contributed by atoms with Crippen LogP contribution in [-0.2, 0) is 13.0 Å². The fourth-order valence-corrected chi connectivity index (χ4v) is 1.99. The monoisotopic (exact) mass is 244 g/mol. The highest BCUT2D eigenvalue weighted by Gasteiger charge is 2.01. The zero-order valence-electron chi connectivity index (χ0n) is 9.47. The van der Waals surface area contributed by atoms with Crippen LogP contribution in [0.3, 0.4) is 0 Å². The molecule has 0 saturated carbocycles. The quantitative estimate of drug-likeness (QED) is 0.898. The number of benzene rings is 1. The predicted molar refractivity (Wildman–Crippen MR) is 67.8 cm³/mol. The van der Waals surface area contributed by atoms with E-state index in [2.05, 4.69) is 20.7 Å². The highest BCUT2D eigenvalue weighted by atomic mass is 32.1. The lowest BCUT2D eigenvalue weighted by Crippen LogP contribution is -1.99. The Kier molecular flexibility index (Phi) is 3.68. The standard InChI is InChI=1S/C12H12N4S/c1-2-11-15-12(17-16-11)14-8-10-5-3-9(7-13)4-6-10/h3-6H,2,8H2,1H3,(H,14,15,16). The summed E-state index contributed by atoms with van der Waals surface area (Å²) in [4.78, 5) is 4.32. The molecule has 86 valence electrons. The van der Waals surface area contributed by atoms with Crippen molar-refractivity contribution in [3.8, 4) is 6.07 Å². The minimum Gasteiger partial charge on any atom is -0.356 e. The molecular formula is C12H12N4S. The van der Waals surface area contributed by atoms with Crippen LogP contribution in [0.1, 0.15) is 23.9 Å². The van der Waals surface area contributed by atoms with Gasteiger partial charge in [0.1, 0.15) is 5.82 Å². The van der Waals surface area contributed by atoms with Crippen molar-refractivity contribution in [1.29, 1.82) is 5.26 Å². The normalized spacial score (nSPS) is 9.88. The highest BCUT2D eigenvalue weighted by molar-refractivity contribution is 7.09. The van der Waals surface area contributed by atoms with Crippen LogP contribution >= 0.6 is 11.5 Å². The van der Waals surface area contributed by atoms with Gasteiger partial charge in [0.05, 0.1) is 11.6 Å². The second-order valence-corrected chi connectivity index (χ2v) is 4.28. The minimum atomic E-state index is 0.679. The molecule has 17 heavy (non-hydrogen) atoms. The predicted octanol–water partition coefficient (Wildman–Crippen LogP) is 2.58. The van der Waals surface area contributed by atoms with E-state index in [4.69, 9.17) is 5.26 Å². The first kappa shape index (κ1) is 11.6. The molecule has 4 nitrogen and oxygen atoms in total. The zero-order chi connectivity index (χ0) is 12.1. The smallest absolute Gasteiger partial charge is 0.202 e. The van der Waals surface area contributed by atoms with Crippen LogP contribution in [0.5, 0.6) is 0 Å². The number of rotatable bonds is 4. The first-order valence-electron chi connectivity index (χ1n) is 5.37. The van der Waals surface area contributed by atoms with E-state index in [-0.39, 0.29) is 0 Å². The maximum absolute atomic E-state index is 8.68. The molecule has 5 heteroatoms. The molecule has 0 radical (unpaired) electrons. The molecular weight excluding hydrogens is 232 g/mol. The number of hydrogen-bond acceptors (Lipinski definition) is 5. The van der Waals surface area contributed by atoms with Crippen molar-refractivity contribution < 1.29 is 0 Å². The number of nitrogens with one attached hydrogen (secondary N) is 1. The summed E-state index contributed by atoms with van der Waals surface area (Å²) >= 11 is 1.38. The van der Waals surface area contributed by atoms with E-state index in [1.165, 1.54) is 11.5 Å². The summed E-state index contributed by atoms with van der Waals surface area (Å²) in [5, 5.41) is 12.7. The molecule has 1 aromatic heterocycles. The van der Waals surface area contributed by atoms with E-state index < -0.39 is 0 Å². The van der Waals surface area contributed by atoms with Crippen LogP contribution in [0.15, 0.2) is 24.3 Å². The molecule has 1 aromatic carbocycles. The van der Waals surface area contributed by atoms with Gasteiger partial charge >= 0.3 is 0 Å². The second kappa shape index (κ2) is 5.41. The van der Waals surface area contributed by atoms with Crippen molar-refractivity contribution in [1.82, 2.24) is 9.36 Å². The van der Waals surface area contributed by atoms with Crippen LogP contribution < -0.4 is 5.32 Å². The molecule has 2 rings (SSSR count). The van der Waals surface area contributed by atoms with E-state index in [1.807, 2.05) is 31.2 Å². The molecule has 0 aliphatic heterocycles. The third-order valence-electron chi connectivity index (χ3n) is 2.31. The van der Waals surface area contributed by atoms with Crippen molar-refractivity contribution in [2.24, 2.45) is 0 Å². The van der Waals surface area contributed by atoms with Gasteiger partial charge in [0.2, 0.25) is 5.13 Å². The molecule has 0 bridgehead atoms. The Morgan fingerprint density at radius 3 is 2.71 bits per heavy atom. The van der Waals surface area contributed by atoms with Gasteiger partial charge < -0.3 is 5.32 Å². The third kappa shape index (κ3) is 3.02. The van der Waals surface area contributed by atoms with E-state index >= 15 is 0 Å². The lowest BCUT2D eigenvalue weighted by atomic mass is 10.1. The number of hydrogen-bond donors (Lipinski definition) is 1. The first-order valence-corrected chi connectivity index (χ1v) is 6.14. The summed E-state index contributed by atoms with van der Waals surface area (Å²) in [7, 11) is 0. The lowest BCUT2D eigenvalue weighted by Gasteiger charge is -2.01. The van der Waals surface area contributed by atoms with Crippen LogP contribution in [0.2, 0.25) is 0 Å². The van der Waals surface area contributed by atoms with Gasteiger partial charge in [-0.3, -0.25) is 0 Å². The zero-order valence-corrected chi connectivity index (χ0v) is 10.3. The molecule has 0 spiro atoms. The average molecular weight is 244 g/mol. The van der Waals surface area contributed by atoms with Gasteiger partial charge in [-0.15, -0.1) is 0 Å². The van der Waals surface area contributed by atoms with Crippen LogP contribution in [0.4, 0.5) is 5.13 Å². The van der Waals surface area contributed by atoms with E-state index in [0.717, 1.165) is 22.9 Å². The molecule has 0 atom stereocenters. The van der Waals surface area contributed by atoms with E-state index in [9.17, 15) is 0 Å². The number of anilines is 1. The minimum absolute atomic E-state index is 0.679. The van der Waals surface area contributed by atoms with Gasteiger partial charge in [-0.2, -0.15) is 9.64 Å². The topological polar surface area (TPSA) is 61.6 Å². The van der Waals surface area contributed by atoms with Gasteiger partial charge in [-0.1, -0.05) is 19.1 Å². The Morgan fingerprint density at radius 2 is 2.12 bits per heavy atom. The number of aryl methyl sites for hydroxylation is 1. The summed E-state index contributed by atoms with van der Waals surface area (Å²) in [5.74, 6) is 0.873. The Hall–Kier alpha value is -1.93. The Balaban J connectivity index is 1.95. The average Bonchev–Trinajstić information content (AvgIpc) is 2.85. The maximum Gasteiger partial charge on any atom is 0.202 e. The number of aromatic nitrogens is 2. The van der Waals surface area contributed by atoms with E-state index in [0.29, 0.717) is 12.1 Å². The number of nitriles is 1. The molecule has 2 aromatic rings. The largest absolute Gasteiger partial charge is 0.356 e. The van der Waals surface area contributed by atoms with Crippen molar-refractivity contribution >= 4 is 16.7 Å². The molecule has 0 amide bonds. The van der Waals surface area contributed by atoms with Crippen molar-refractivity contribution in [2.45, 2.75) is 19.9 Å². The molecule has 1 heterocycles. The van der Waals surface area contributed by atoms with Crippen molar-refractivity contribution in [2.75, 3.05) is 5.32 Å². The van der Waals surface area contributed by atoms with Crippen molar-refractivity contribution in [3.63, 3.8) is 0 Å². The molecule has 0 aliphatic carbocycles. The van der Waals surface area contributed by atoms with Gasteiger partial charge in [0.15, 0.2) is 0 Å². The van der Waals surface area contributed by atoms with E-state index in [1.54, 1.807) is 0 Å². The Morgan fingerprint density at radius 1 is 1.35 bits per heavy atom. The van der Waals surface area contributed by atoms with Gasteiger partial charge in [-0.25, -0.2) is 4.98 Å². The molecule has 0 aliphatic rings. The Bertz CT molecular complexity index is 524. The van der Waals surface area contributed by atoms with Crippen LogP contribution in [0.25, 0.3) is 0 Å². The third-order valence-corrected chi connectivity index (χ3v) is 3.02.